The Bertz CT molecular complexity index is 459. The first-order valence-corrected chi connectivity index (χ1v) is 9.69. The number of methoxy groups -OCH3 is 1. The average molecular weight is 350 g/mol. The molecule has 0 amide bonds. The molecule has 4 heteroatoms. The van der Waals surface area contributed by atoms with Crippen molar-refractivity contribution in [2.75, 3.05) is 26.8 Å². The third kappa shape index (κ3) is 9.61. The zero-order valence-electron chi connectivity index (χ0n) is 16.2. The van der Waals surface area contributed by atoms with Crippen LogP contribution in [0, 0.1) is 0 Å². The fraction of sp³-hybridized carbons (Fsp3) is 0.667. The Morgan fingerprint density at radius 3 is 2.32 bits per heavy atom. The molecule has 1 aromatic rings. The van der Waals surface area contributed by atoms with Crippen LogP contribution in [0.5, 0.6) is 0 Å². The van der Waals surface area contributed by atoms with Crippen molar-refractivity contribution in [3.8, 4) is 0 Å². The Kier molecular flexibility index (Phi) is 12.0. The minimum absolute atomic E-state index is 0.311. The third-order valence-corrected chi connectivity index (χ3v) is 4.32. The first-order chi connectivity index (χ1) is 12.2. The fourth-order valence-electron chi connectivity index (χ4n) is 2.81. The van der Waals surface area contributed by atoms with Gasteiger partial charge in [-0.25, -0.2) is 4.79 Å². The highest BCUT2D eigenvalue weighted by Crippen LogP contribution is 2.10. The highest BCUT2D eigenvalue weighted by Gasteiger charge is 2.19. The lowest BCUT2D eigenvalue weighted by Crippen LogP contribution is -2.28. The first kappa shape index (κ1) is 21.7. The van der Waals surface area contributed by atoms with Crippen molar-refractivity contribution >= 4 is 5.97 Å². The van der Waals surface area contributed by atoms with Crippen molar-refractivity contribution in [3.63, 3.8) is 0 Å². The maximum absolute atomic E-state index is 11.7. The van der Waals surface area contributed by atoms with Crippen LogP contribution in [0.25, 0.3) is 0 Å². The number of benzene rings is 1. The quantitative estimate of drug-likeness (QED) is 0.409. The Morgan fingerprint density at radius 2 is 1.68 bits per heavy atom. The number of carbonyl (C=O) groups is 1. The second kappa shape index (κ2) is 13.9. The van der Waals surface area contributed by atoms with Crippen molar-refractivity contribution in [1.29, 1.82) is 0 Å². The van der Waals surface area contributed by atoms with Gasteiger partial charge in [0.25, 0.3) is 0 Å². The summed E-state index contributed by atoms with van der Waals surface area (Å²) in [7, 11) is 1.40. The number of esters is 1. The van der Waals surface area contributed by atoms with Gasteiger partial charge in [-0.1, -0.05) is 56.9 Å². The Hall–Kier alpha value is -1.39. The molecule has 1 unspecified atom stereocenters. The van der Waals surface area contributed by atoms with Gasteiger partial charge >= 0.3 is 5.97 Å². The smallest absolute Gasteiger partial charge is 0.335 e. The van der Waals surface area contributed by atoms with Crippen LogP contribution < -0.4 is 5.32 Å². The lowest BCUT2D eigenvalue weighted by atomic mass is 10.0. The minimum atomic E-state index is -0.518. The van der Waals surface area contributed by atoms with Gasteiger partial charge in [-0.15, -0.1) is 0 Å². The zero-order chi connectivity index (χ0) is 18.3. The number of nitrogens with one attached hydrogen (secondary N) is 1. The Morgan fingerprint density at radius 1 is 1.00 bits per heavy atom. The van der Waals surface area contributed by atoms with Crippen molar-refractivity contribution in [3.05, 3.63) is 35.4 Å². The van der Waals surface area contributed by atoms with Crippen LogP contribution >= 0.6 is 0 Å². The molecule has 0 fully saturated rings. The molecule has 0 aliphatic carbocycles. The maximum atomic E-state index is 11.7. The van der Waals surface area contributed by atoms with E-state index < -0.39 is 6.10 Å². The van der Waals surface area contributed by atoms with Gasteiger partial charge in [-0.3, -0.25) is 0 Å². The normalized spacial score (nSPS) is 12.1. The summed E-state index contributed by atoms with van der Waals surface area (Å²) in [4.78, 5) is 11.7. The van der Waals surface area contributed by atoms with E-state index in [1.165, 1.54) is 44.8 Å². The average Bonchev–Trinajstić information content (AvgIpc) is 2.64. The SMILES string of the molecule is CCCCCCCNCCc1ccc(CC(OCC)C(=O)OC)cc1. The number of hydrogen-bond acceptors (Lipinski definition) is 4. The minimum Gasteiger partial charge on any atom is -0.467 e. The largest absolute Gasteiger partial charge is 0.467 e. The molecule has 1 N–H and O–H groups in total. The van der Waals surface area contributed by atoms with E-state index in [1.807, 2.05) is 6.92 Å². The maximum Gasteiger partial charge on any atom is 0.335 e. The summed E-state index contributed by atoms with van der Waals surface area (Å²) < 4.78 is 10.3. The van der Waals surface area contributed by atoms with Crippen molar-refractivity contribution in [2.45, 2.75) is 64.9 Å². The molecule has 25 heavy (non-hydrogen) atoms. The van der Waals surface area contributed by atoms with Crippen LogP contribution in [0.4, 0.5) is 0 Å². The molecule has 0 bridgehead atoms. The van der Waals surface area contributed by atoms with Crippen LogP contribution in [0.2, 0.25) is 0 Å². The van der Waals surface area contributed by atoms with Gasteiger partial charge in [-0.05, 0) is 44.0 Å². The van der Waals surface area contributed by atoms with E-state index in [0.717, 1.165) is 25.1 Å². The van der Waals surface area contributed by atoms with Gasteiger partial charge in [-0.2, -0.15) is 0 Å². The summed E-state index contributed by atoms with van der Waals surface area (Å²) in [5.74, 6) is -0.311. The molecular formula is C21H35NO3. The number of unbranched alkanes of at least 4 members (excludes halogenated alkanes) is 4. The molecule has 4 nitrogen and oxygen atoms in total. The lowest BCUT2D eigenvalue weighted by Gasteiger charge is -2.14. The van der Waals surface area contributed by atoms with E-state index >= 15 is 0 Å². The van der Waals surface area contributed by atoms with Gasteiger partial charge in [0, 0.05) is 13.0 Å². The van der Waals surface area contributed by atoms with E-state index in [4.69, 9.17) is 9.47 Å². The highest BCUT2D eigenvalue weighted by atomic mass is 16.6. The molecule has 142 valence electrons. The molecule has 0 spiro atoms. The van der Waals surface area contributed by atoms with E-state index in [0.29, 0.717) is 13.0 Å². The third-order valence-electron chi connectivity index (χ3n) is 4.32. The van der Waals surface area contributed by atoms with Gasteiger partial charge in [0.05, 0.1) is 7.11 Å². The van der Waals surface area contributed by atoms with Crippen LogP contribution in [0.3, 0.4) is 0 Å². The van der Waals surface area contributed by atoms with Gasteiger partial charge in [0.15, 0.2) is 6.10 Å². The summed E-state index contributed by atoms with van der Waals surface area (Å²) in [6.45, 7) is 6.75. The lowest BCUT2D eigenvalue weighted by molar-refractivity contribution is -0.153. The molecule has 0 aromatic heterocycles. The number of rotatable bonds is 14. The Balaban J connectivity index is 2.27. The molecule has 0 radical (unpaired) electrons. The van der Waals surface area contributed by atoms with Crippen LogP contribution in [0.15, 0.2) is 24.3 Å². The number of ether oxygens (including phenoxy) is 2. The van der Waals surface area contributed by atoms with E-state index in [9.17, 15) is 4.79 Å². The summed E-state index contributed by atoms with van der Waals surface area (Å²) in [5.41, 5.74) is 2.41. The standard InChI is InChI=1S/C21H35NO3/c1-4-6-7-8-9-15-22-16-14-18-10-12-19(13-11-18)17-20(25-5-2)21(23)24-3/h10-13,20,22H,4-9,14-17H2,1-3H3. The molecule has 0 saturated heterocycles. The van der Waals surface area contributed by atoms with E-state index in [1.54, 1.807) is 0 Å². The van der Waals surface area contributed by atoms with Crippen molar-refractivity contribution in [1.82, 2.24) is 5.32 Å². The summed E-state index contributed by atoms with van der Waals surface area (Å²) >= 11 is 0. The Labute approximate surface area is 153 Å². The van der Waals surface area contributed by atoms with Crippen LogP contribution in [-0.2, 0) is 27.1 Å². The van der Waals surface area contributed by atoms with E-state index in [2.05, 4.69) is 36.5 Å². The highest BCUT2D eigenvalue weighted by molar-refractivity contribution is 5.74. The van der Waals surface area contributed by atoms with Gasteiger partial charge in [0.1, 0.15) is 0 Å². The number of hydrogen-bond donors (Lipinski definition) is 1. The summed E-state index contributed by atoms with van der Waals surface area (Å²) in [6, 6.07) is 8.43. The summed E-state index contributed by atoms with van der Waals surface area (Å²) in [5, 5.41) is 3.52. The summed E-state index contributed by atoms with van der Waals surface area (Å²) in [6.07, 6.45) is 7.67. The van der Waals surface area contributed by atoms with Gasteiger partial charge < -0.3 is 14.8 Å². The topological polar surface area (TPSA) is 47.6 Å². The second-order valence-corrected chi connectivity index (χ2v) is 6.40. The predicted octanol–water partition coefficient (Wildman–Crippen LogP) is 3.91. The first-order valence-electron chi connectivity index (χ1n) is 9.69. The van der Waals surface area contributed by atoms with Crippen molar-refractivity contribution in [2.24, 2.45) is 0 Å². The zero-order valence-corrected chi connectivity index (χ0v) is 16.2. The van der Waals surface area contributed by atoms with Crippen LogP contribution in [0.1, 0.15) is 57.1 Å². The van der Waals surface area contributed by atoms with Gasteiger partial charge in [0.2, 0.25) is 0 Å². The molecular weight excluding hydrogens is 314 g/mol. The fourth-order valence-corrected chi connectivity index (χ4v) is 2.81. The monoisotopic (exact) mass is 349 g/mol. The predicted molar refractivity (Wildman–Crippen MR) is 103 cm³/mol. The molecule has 0 aliphatic rings. The van der Waals surface area contributed by atoms with Crippen molar-refractivity contribution < 1.29 is 14.3 Å². The molecule has 0 aliphatic heterocycles. The molecule has 0 heterocycles. The van der Waals surface area contributed by atoms with E-state index in [-0.39, 0.29) is 5.97 Å². The second-order valence-electron chi connectivity index (χ2n) is 6.40. The number of carbonyl (C=O) groups excluding carboxylic acids is 1. The molecule has 1 aromatic carbocycles. The molecule has 1 atom stereocenters. The van der Waals surface area contributed by atoms with Crippen LogP contribution in [-0.4, -0.2) is 38.9 Å². The molecule has 1 rings (SSSR count). The molecule has 0 saturated carbocycles.